The number of Topliss-reactive ketones (excluding diaryl/α,β-unsaturated/α-hetero) is 1. The first kappa shape index (κ1) is 21.0. The summed E-state index contributed by atoms with van der Waals surface area (Å²) in [5.74, 6) is 0.339. The molecule has 1 saturated carbocycles. The van der Waals surface area contributed by atoms with Gasteiger partial charge in [-0.1, -0.05) is 30.3 Å². The molecule has 2 atom stereocenters. The summed E-state index contributed by atoms with van der Waals surface area (Å²) in [6.45, 7) is 2.24. The van der Waals surface area contributed by atoms with E-state index in [0.29, 0.717) is 31.0 Å². The third-order valence-electron chi connectivity index (χ3n) is 6.41. The van der Waals surface area contributed by atoms with Gasteiger partial charge in [-0.05, 0) is 54.2 Å². The molecular weight excluding hydrogens is 405 g/mol. The number of ketones is 1. The van der Waals surface area contributed by atoms with Gasteiger partial charge in [-0.15, -0.1) is 0 Å². The molecule has 2 aromatic carbocycles. The van der Waals surface area contributed by atoms with Gasteiger partial charge in [0.15, 0.2) is 5.78 Å². The Morgan fingerprint density at radius 1 is 1.12 bits per heavy atom. The number of halogens is 1. The van der Waals surface area contributed by atoms with E-state index < -0.39 is 0 Å². The van der Waals surface area contributed by atoms with Gasteiger partial charge >= 0.3 is 0 Å². The average Bonchev–Trinajstić information content (AvgIpc) is 3.45. The summed E-state index contributed by atoms with van der Waals surface area (Å²) in [6.07, 6.45) is 7.24. The van der Waals surface area contributed by atoms with Crippen molar-refractivity contribution in [2.75, 3.05) is 13.2 Å². The van der Waals surface area contributed by atoms with Crippen LogP contribution < -0.4 is 5.32 Å². The largest absolute Gasteiger partial charge is 0.381 e. The van der Waals surface area contributed by atoms with Gasteiger partial charge < -0.3 is 10.1 Å². The Kier molecular flexibility index (Phi) is 6.14. The Labute approximate surface area is 187 Å². The Morgan fingerprint density at radius 3 is 2.75 bits per heavy atom. The van der Waals surface area contributed by atoms with Crippen LogP contribution in [0.15, 0.2) is 60.9 Å². The van der Waals surface area contributed by atoms with Crippen molar-refractivity contribution in [1.82, 2.24) is 15.1 Å². The molecule has 32 heavy (non-hydrogen) atoms. The molecular formula is C26H28FN3O2. The van der Waals surface area contributed by atoms with Crippen LogP contribution in [0.5, 0.6) is 0 Å². The van der Waals surface area contributed by atoms with E-state index in [-0.39, 0.29) is 11.6 Å². The minimum atomic E-state index is -0.250. The molecule has 6 heteroatoms. The lowest BCUT2D eigenvalue weighted by Crippen LogP contribution is -2.36. The fourth-order valence-electron chi connectivity index (χ4n) is 4.51. The summed E-state index contributed by atoms with van der Waals surface area (Å²) >= 11 is 0. The van der Waals surface area contributed by atoms with Crippen LogP contribution in [0.4, 0.5) is 4.39 Å². The van der Waals surface area contributed by atoms with Crippen LogP contribution in [0.1, 0.15) is 52.2 Å². The third kappa shape index (κ3) is 5.14. The molecule has 1 saturated heterocycles. The number of ether oxygens (including phenoxy) is 1. The number of carbonyl (C=O) groups excluding carboxylic acids is 1. The van der Waals surface area contributed by atoms with Gasteiger partial charge in [0.2, 0.25) is 0 Å². The molecule has 2 fully saturated rings. The van der Waals surface area contributed by atoms with Gasteiger partial charge in [-0.25, -0.2) is 4.39 Å². The van der Waals surface area contributed by atoms with Crippen molar-refractivity contribution in [1.29, 1.82) is 0 Å². The van der Waals surface area contributed by atoms with Crippen molar-refractivity contribution in [2.24, 2.45) is 0 Å². The standard InChI is InChI=1S/C26H28FN3O2/c27-22-6-4-18(5-7-22)16-30-17-19(15-28-30)12-26(31)21-3-1-2-20(13-21)24-14-25(24)29-23-8-10-32-11-9-23/h1-7,13,15,17,23-25,29H,8-12,14,16H2. The lowest BCUT2D eigenvalue weighted by atomic mass is 10.0. The number of benzene rings is 2. The Bertz CT molecular complexity index is 1070. The van der Waals surface area contributed by atoms with E-state index >= 15 is 0 Å². The van der Waals surface area contributed by atoms with Crippen LogP contribution >= 0.6 is 0 Å². The Balaban J connectivity index is 1.17. The van der Waals surface area contributed by atoms with Gasteiger partial charge in [0.1, 0.15) is 5.82 Å². The van der Waals surface area contributed by atoms with Crippen molar-refractivity contribution < 1.29 is 13.9 Å². The number of nitrogens with zero attached hydrogens (tertiary/aromatic N) is 2. The summed E-state index contributed by atoms with van der Waals surface area (Å²) in [7, 11) is 0. The van der Waals surface area contributed by atoms with Crippen LogP contribution in [0, 0.1) is 5.82 Å². The maximum Gasteiger partial charge on any atom is 0.167 e. The van der Waals surface area contributed by atoms with Gasteiger partial charge in [0.05, 0.1) is 12.7 Å². The van der Waals surface area contributed by atoms with E-state index in [1.165, 1.54) is 17.7 Å². The van der Waals surface area contributed by atoms with E-state index in [1.54, 1.807) is 23.0 Å². The molecule has 0 spiro atoms. The quantitative estimate of drug-likeness (QED) is 0.543. The number of hydrogen-bond donors (Lipinski definition) is 1. The topological polar surface area (TPSA) is 56.2 Å². The number of aromatic nitrogens is 2. The van der Waals surface area contributed by atoms with Gasteiger partial charge in [-0.2, -0.15) is 5.10 Å². The molecule has 5 rings (SSSR count). The van der Waals surface area contributed by atoms with E-state index in [9.17, 15) is 9.18 Å². The minimum Gasteiger partial charge on any atom is -0.381 e. The van der Waals surface area contributed by atoms with Crippen molar-refractivity contribution >= 4 is 5.78 Å². The molecule has 1 aliphatic heterocycles. The normalized spacial score (nSPS) is 20.9. The molecule has 1 aromatic heterocycles. The van der Waals surface area contributed by atoms with Crippen molar-refractivity contribution in [3.63, 3.8) is 0 Å². The van der Waals surface area contributed by atoms with Crippen LogP contribution in [0.25, 0.3) is 0 Å². The first-order valence-electron chi connectivity index (χ1n) is 11.4. The van der Waals surface area contributed by atoms with Crippen LogP contribution in [0.3, 0.4) is 0 Å². The van der Waals surface area contributed by atoms with Crippen LogP contribution in [-0.2, 0) is 17.7 Å². The van der Waals surface area contributed by atoms with E-state index in [1.807, 2.05) is 18.3 Å². The summed E-state index contributed by atoms with van der Waals surface area (Å²) in [5.41, 5.74) is 3.85. The molecule has 2 aliphatic rings. The van der Waals surface area contributed by atoms with Crippen molar-refractivity contribution in [2.45, 2.75) is 50.2 Å². The monoisotopic (exact) mass is 433 g/mol. The summed E-state index contributed by atoms with van der Waals surface area (Å²) in [6, 6.07) is 15.5. The summed E-state index contributed by atoms with van der Waals surface area (Å²) < 4.78 is 20.3. The molecule has 0 amide bonds. The molecule has 166 valence electrons. The minimum absolute atomic E-state index is 0.0998. The number of rotatable bonds is 8. The molecule has 2 unspecified atom stereocenters. The smallest absolute Gasteiger partial charge is 0.167 e. The maximum absolute atomic E-state index is 13.1. The number of carbonyl (C=O) groups is 1. The summed E-state index contributed by atoms with van der Waals surface area (Å²) in [5, 5.41) is 8.11. The lowest BCUT2D eigenvalue weighted by Gasteiger charge is -2.23. The molecule has 3 aromatic rings. The number of hydrogen-bond acceptors (Lipinski definition) is 4. The second kappa shape index (κ2) is 9.35. The first-order chi connectivity index (χ1) is 15.6. The molecule has 1 aliphatic carbocycles. The maximum atomic E-state index is 13.1. The van der Waals surface area contributed by atoms with Crippen LogP contribution in [-0.4, -0.2) is 40.9 Å². The molecule has 1 N–H and O–H groups in total. The molecule has 0 bridgehead atoms. The first-order valence-corrected chi connectivity index (χ1v) is 11.4. The van der Waals surface area contributed by atoms with E-state index in [2.05, 4.69) is 22.5 Å². The highest BCUT2D eigenvalue weighted by molar-refractivity contribution is 5.97. The zero-order chi connectivity index (χ0) is 21.9. The van der Waals surface area contributed by atoms with E-state index in [0.717, 1.165) is 49.2 Å². The highest BCUT2D eigenvalue weighted by atomic mass is 19.1. The van der Waals surface area contributed by atoms with Crippen molar-refractivity contribution in [3.05, 3.63) is 89.0 Å². The Hall–Kier alpha value is -2.83. The third-order valence-corrected chi connectivity index (χ3v) is 6.41. The predicted octanol–water partition coefficient (Wildman–Crippen LogP) is 4.12. The second-order valence-electron chi connectivity index (χ2n) is 8.90. The number of nitrogens with one attached hydrogen (secondary N) is 1. The highest BCUT2D eigenvalue weighted by Gasteiger charge is 2.39. The lowest BCUT2D eigenvalue weighted by molar-refractivity contribution is 0.0774. The van der Waals surface area contributed by atoms with Crippen molar-refractivity contribution in [3.8, 4) is 0 Å². The fourth-order valence-corrected chi connectivity index (χ4v) is 4.51. The Morgan fingerprint density at radius 2 is 1.94 bits per heavy atom. The van der Waals surface area contributed by atoms with E-state index in [4.69, 9.17) is 4.74 Å². The average molecular weight is 434 g/mol. The SMILES string of the molecule is O=C(Cc1cnn(Cc2ccc(F)cc2)c1)c1cccc(C2CC2NC2CCOCC2)c1. The van der Waals surface area contributed by atoms with Crippen LogP contribution in [0.2, 0.25) is 0 Å². The molecule has 0 radical (unpaired) electrons. The zero-order valence-electron chi connectivity index (χ0n) is 18.0. The molecule has 5 nitrogen and oxygen atoms in total. The van der Waals surface area contributed by atoms with Gasteiger partial charge in [-0.3, -0.25) is 9.48 Å². The molecule has 2 heterocycles. The summed E-state index contributed by atoms with van der Waals surface area (Å²) in [4.78, 5) is 12.9. The zero-order valence-corrected chi connectivity index (χ0v) is 18.0. The predicted molar refractivity (Wildman–Crippen MR) is 120 cm³/mol. The second-order valence-corrected chi connectivity index (χ2v) is 8.90. The highest BCUT2D eigenvalue weighted by Crippen LogP contribution is 2.41. The van der Waals surface area contributed by atoms with Gasteiger partial charge in [0.25, 0.3) is 0 Å². The van der Waals surface area contributed by atoms with Gasteiger partial charge in [0, 0.05) is 49.4 Å². The fraction of sp³-hybridized carbons (Fsp3) is 0.385.